The van der Waals surface area contributed by atoms with E-state index in [1.54, 1.807) is 6.92 Å². The van der Waals surface area contributed by atoms with Gasteiger partial charge in [0.25, 0.3) is 0 Å². The third kappa shape index (κ3) is 5.33. The van der Waals surface area contributed by atoms with Gasteiger partial charge in [-0.3, -0.25) is 4.79 Å². The second-order valence-electron chi connectivity index (χ2n) is 4.60. The summed E-state index contributed by atoms with van der Waals surface area (Å²) in [6.45, 7) is 1.84. The van der Waals surface area contributed by atoms with Crippen molar-refractivity contribution in [2.45, 2.75) is 19.5 Å². The first-order valence-electron chi connectivity index (χ1n) is 6.14. The van der Waals surface area contributed by atoms with Crippen LogP contribution in [-0.2, 0) is 17.4 Å². The SMILES string of the molecule is CC(CNC(=O)Cc1ccc(C(F)(F)F)cc1)C(N)=NO. The molecule has 1 unspecified atom stereocenters. The van der Waals surface area contributed by atoms with Crippen LogP contribution >= 0.6 is 0 Å². The summed E-state index contributed by atoms with van der Waals surface area (Å²) in [6.07, 6.45) is -4.43. The lowest BCUT2D eigenvalue weighted by molar-refractivity contribution is -0.137. The number of rotatable bonds is 5. The maximum absolute atomic E-state index is 12.4. The third-order valence-electron chi connectivity index (χ3n) is 2.87. The number of nitrogens with zero attached hydrogens (tertiary/aromatic N) is 1. The summed E-state index contributed by atoms with van der Waals surface area (Å²) < 4.78 is 37.1. The first kappa shape index (κ1) is 16.8. The van der Waals surface area contributed by atoms with Gasteiger partial charge in [0.1, 0.15) is 5.84 Å². The van der Waals surface area contributed by atoms with Gasteiger partial charge in [0.05, 0.1) is 12.0 Å². The van der Waals surface area contributed by atoms with Crippen LogP contribution in [0.4, 0.5) is 13.2 Å². The van der Waals surface area contributed by atoms with Crippen molar-refractivity contribution in [1.82, 2.24) is 5.32 Å². The molecule has 1 aromatic carbocycles. The van der Waals surface area contributed by atoms with Crippen molar-refractivity contribution in [3.8, 4) is 0 Å². The zero-order valence-corrected chi connectivity index (χ0v) is 11.3. The summed E-state index contributed by atoms with van der Waals surface area (Å²) in [5.74, 6) is -0.705. The topological polar surface area (TPSA) is 87.7 Å². The smallest absolute Gasteiger partial charge is 0.409 e. The number of oxime groups is 1. The van der Waals surface area contributed by atoms with Gasteiger partial charge in [0, 0.05) is 12.5 Å². The number of carbonyl (C=O) groups excluding carboxylic acids is 1. The quantitative estimate of drug-likeness (QED) is 0.335. The van der Waals surface area contributed by atoms with Crippen LogP contribution in [0, 0.1) is 5.92 Å². The molecule has 1 rings (SSSR count). The maximum atomic E-state index is 12.4. The minimum atomic E-state index is -4.39. The molecule has 0 saturated carbocycles. The van der Waals surface area contributed by atoms with Gasteiger partial charge in [-0.15, -0.1) is 0 Å². The van der Waals surface area contributed by atoms with Crippen molar-refractivity contribution in [2.24, 2.45) is 16.8 Å². The highest BCUT2D eigenvalue weighted by molar-refractivity contribution is 5.83. The number of halogens is 3. The summed E-state index contributed by atoms with van der Waals surface area (Å²) >= 11 is 0. The van der Waals surface area contributed by atoms with Crippen LogP contribution in [0.1, 0.15) is 18.1 Å². The van der Waals surface area contributed by atoms with Crippen molar-refractivity contribution in [1.29, 1.82) is 0 Å². The van der Waals surface area contributed by atoms with Crippen LogP contribution < -0.4 is 11.1 Å². The van der Waals surface area contributed by atoms with E-state index in [1.807, 2.05) is 0 Å². The molecule has 4 N–H and O–H groups in total. The number of nitrogens with two attached hydrogens (primary N) is 1. The average molecular weight is 303 g/mol. The predicted octanol–water partition coefficient (Wildman–Crippen LogP) is 1.75. The summed E-state index contributed by atoms with van der Waals surface area (Å²) in [7, 11) is 0. The molecule has 8 heteroatoms. The van der Waals surface area contributed by atoms with E-state index in [4.69, 9.17) is 10.9 Å². The molecule has 0 aromatic heterocycles. The Kier molecular flexibility index (Phi) is 5.57. The van der Waals surface area contributed by atoms with Crippen molar-refractivity contribution in [3.63, 3.8) is 0 Å². The number of benzene rings is 1. The Balaban J connectivity index is 2.52. The molecule has 1 amide bonds. The van der Waals surface area contributed by atoms with Crippen LogP contribution in [0.2, 0.25) is 0 Å². The maximum Gasteiger partial charge on any atom is 0.416 e. The molecular formula is C13H16F3N3O2. The number of alkyl halides is 3. The molecule has 0 aliphatic carbocycles. The van der Waals surface area contributed by atoms with Gasteiger partial charge in [-0.2, -0.15) is 13.2 Å². The number of carbonyl (C=O) groups is 1. The monoisotopic (exact) mass is 303 g/mol. The molecule has 0 fully saturated rings. The number of nitrogens with one attached hydrogen (secondary N) is 1. The van der Waals surface area contributed by atoms with Crippen molar-refractivity contribution in [2.75, 3.05) is 6.54 Å². The molecule has 116 valence electrons. The van der Waals surface area contributed by atoms with E-state index >= 15 is 0 Å². The molecule has 1 atom stereocenters. The van der Waals surface area contributed by atoms with Gasteiger partial charge in [-0.25, -0.2) is 0 Å². The minimum absolute atomic E-state index is 0.00942. The Hall–Kier alpha value is -2.25. The Morgan fingerprint density at radius 3 is 2.43 bits per heavy atom. The summed E-state index contributed by atoms with van der Waals surface area (Å²) in [6, 6.07) is 4.38. The second kappa shape index (κ2) is 6.96. The first-order valence-corrected chi connectivity index (χ1v) is 6.14. The fraction of sp³-hybridized carbons (Fsp3) is 0.385. The molecular weight excluding hydrogens is 287 g/mol. The molecule has 0 saturated heterocycles. The van der Waals surface area contributed by atoms with Gasteiger partial charge in [-0.05, 0) is 17.7 Å². The van der Waals surface area contributed by atoms with Crippen molar-refractivity contribution in [3.05, 3.63) is 35.4 Å². The highest BCUT2D eigenvalue weighted by atomic mass is 19.4. The molecule has 0 heterocycles. The van der Waals surface area contributed by atoms with Gasteiger partial charge in [0.2, 0.25) is 5.91 Å². The zero-order chi connectivity index (χ0) is 16.0. The molecule has 0 aliphatic rings. The first-order chi connectivity index (χ1) is 9.74. The fourth-order valence-electron chi connectivity index (χ4n) is 1.53. The molecule has 21 heavy (non-hydrogen) atoms. The zero-order valence-electron chi connectivity index (χ0n) is 11.3. The molecule has 0 bridgehead atoms. The van der Waals surface area contributed by atoms with E-state index in [9.17, 15) is 18.0 Å². The van der Waals surface area contributed by atoms with Crippen LogP contribution in [0.15, 0.2) is 29.4 Å². The van der Waals surface area contributed by atoms with E-state index in [0.717, 1.165) is 12.1 Å². The Labute approximate surface area is 119 Å². The summed E-state index contributed by atoms with van der Waals surface area (Å²) in [5, 5.41) is 13.8. The van der Waals surface area contributed by atoms with E-state index < -0.39 is 11.7 Å². The Bertz CT molecular complexity index is 512. The van der Waals surface area contributed by atoms with Gasteiger partial charge < -0.3 is 16.3 Å². The lowest BCUT2D eigenvalue weighted by atomic mass is 10.1. The van der Waals surface area contributed by atoms with Gasteiger partial charge in [-0.1, -0.05) is 24.2 Å². The number of amidine groups is 1. The van der Waals surface area contributed by atoms with Crippen LogP contribution in [0.3, 0.4) is 0 Å². The van der Waals surface area contributed by atoms with Crippen LogP contribution in [-0.4, -0.2) is 23.5 Å². The highest BCUT2D eigenvalue weighted by Gasteiger charge is 2.29. The standard InChI is InChI=1S/C13H16F3N3O2/c1-8(12(17)19-21)7-18-11(20)6-9-2-4-10(5-3-9)13(14,15)16/h2-5,8,21H,6-7H2,1H3,(H2,17,19)(H,18,20). The van der Waals surface area contributed by atoms with Crippen LogP contribution in [0.25, 0.3) is 0 Å². The average Bonchev–Trinajstić information content (AvgIpc) is 2.43. The lowest BCUT2D eigenvalue weighted by Gasteiger charge is -2.11. The van der Waals surface area contributed by atoms with Crippen LogP contribution in [0.5, 0.6) is 0 Å². The van der Waals surface area contributed by atoms with Crippen molar-refractivity contribution < 1.29 is 23.2 Å². The molecule has 0 aliphatic heterocycles. The molecule has 0 radical (unpaired) electrons. The third-order valence-corrected chi connectivity index (χ3v) is 2.87. The lowest BCUT2D eigenvalue weighted by Crippen LogP contribution is -2.35. The molecule has 0 spiro atoms. The predicted molar refractivity (Wildman–Crippen MR) is 70.7 cm³/mol. The number of hydrogen-bond acceptors (Lipinski definition) is 3. The highest BCUT2D eigenvalue weighted by Crippen LogP contribution is 2.29. The van der Waals surface area contributed by atoms with E-state index in [-0.39, 0.29) is 30.6 Å². The minimum Gasteiger partial charge on any atom is -0.409 e. The van der Waals surface area contributed by atoms with E-state index in [0.29, 0.717) is 5.56 Å². The van der Waals surface area contributed by atoms with E-state index in [2.05, 4.69) is 10.5 Å². The van der Waals surface area contributed by atoms with Gasteiger partial charge in [0.15, 0.2) is 0 Å². The Morgan fingerprint density at radius 1 is 1.38 bits per heavy atom. The number of hydrogen-bond donors (Lipinski definition) is 3. The molecule has 1 aromatic rings. The number of amides is 1. The largest absolute Gasteiger partial charge is 0.416 e. The summed E-state index contributed by atoms with van der Waals surface area (Å²) in [5.41, 5.74) is 5.07. The van der Waals surface area contributed by atoms with E-state index in [1.165, 1.54) is 12.1 Å². The Morgan fingerprint density at radius 2 is 1.95 bits per heavy atom. The fourth-order valence-corrected chi connectivity index (χ4v) is 1.53. The van der Waals surface area contributed by atoms with Crippen molar-refractivity contribution >= 4 is 11.7 Å². The summed E-state index contributed by atoms with van der Waals surface area (Å²) in [4.78, 5) is 11.6. The molecule has 5 nitrogen and oxygen atoms in total. The second-order valence-corrected chi connectivity index (χ2v) is 4.60. The normalized spacial score (nSPS) is 13.8. The van der Waals surface area contributed by atoms with Gasteiger partial charge >= 0.3 is 6.18 Å².